The van der Waals surface area contributed by atoms with Gasteiger partial charge in [0.1, 0.15) is 4.66 Å². The van der Waals surface area contributed by atoms with Crippen LogP contribution in [-0.2, 0) is 21.2 Å². The molecule has 1 fully saturated rings. The highest BCUT2D eigenvalue weighted by molar-refractivity contribution is 9.10. The van der Waals surface area contributed by atoms with Crippen molar-refractivity contribution in [2.45, 2.75) is 12.5 Å². The summed E-state index contributed by atoms with van der Waals surface area (Å²) in [6.07, 6.45) is 0.837. The highest BCUT2D eigenvalue weighted by Gasteiger charge is 2.40. The van der Waals surface area contributed by atoms with E-state index < -0.39 is 10.0 Å². The van der Waals surface area contributed by atoms with Crippen LogP contribution in [0.5, 0.6) is 0 Å². The molecule has 0 unspecified atom stereocenters. The number of halogens is 1. The molecule has 0 spiro atoms. The number of carbonyl (C=O) groups excluding carboxylic acids is 1. The first-order valence-corrected chi connectivity index (χ1v) is 9.17. The number of hydrogen-bond donors (Lipinski definition) is 0. The molecule has 1 amide bonds. The number of fused-ring (bicyclic) bond motifs is 3. The summed E-state index contributed by atoms with van der Waals surface area (Å²) in [5.74, 6) is -0.111. The minimum Gasteiger partial charge on any atom is -0.333 e. The van der Waals surface area contributed by atoms with Crippen LogP contribution < -0.4 is 0 Å². The average molecular weight is 359 g/mol. The summed E-state index contributed by atoms with van der Waals surface area (Å²) in [6, 6.07) is 7.80. The molecule has 2 heterocycles. The van der Waals surface area contributed by atoms with Gasteiger partial charge in [0.2, 0.25) is 15.9 Å². The lowest BCUT2D eigenvalue weighted by atomic mass is 9.91. The molecule has 3 rings (SSSR count). The van der Waals surface area contributed by atoms with Gasteiger partial charge in [0.15, 0.2) is 0 Å². The Morgan fingerprint density at radius 2 is 2.05 bits per heavy atom. The van der Waals surface area contributed by atoms with Gasteiger partial charge in [0, 0.05) is 13.1 Å². The summed E-state index contributed by atoms with van der Waals surface area (Å²) in [7, 11) is -3.40. The Morgan fingerprint density at radius 1 is 1.30 bits per heavy atom. The van der Waals surface area contributed by atoms with Crippen LogP contribution >= 0.6 is 15.9 Å². The molecule has 5 nitrogen and oxygen atoms in total. The lowest BCUT2D eigenvalue weighted by molar-refractivity contribution is -0.138. The van der Waals surface area contributed by atoms with Gasteiger partial charge in [-0.3, -0.25) is 4.79 Å². The minimum absolute atomic E-state index is 0.0490. The largest absolute Gasteiger partial charge is 0.333 e. The van der Waals surface area contributed by atoms with E-state index in [0.717, 1.165) is 12.0 Å². The Bertz CT molecular complexity index is 647. The number of alkyl halides is 1. The summed E-state index contributed by atoms with van der Waals surface area (Å²) >= 11 is 2.99. The van der Waals surface area contributed by atoms with E-state index in [1.807, 2.05) is 23.1 Å². The smallest absolute Gasteiger partial charge is 0.238 e. The van der Waals surface area contributed by atoms with Gasteiger partial charge in [0.25, 0.3) is 0 Å². The molecule has 1 saturated heterocycles. The topological polar surface area (TPSA) is 57.7 Å². The van der Waals surface area contributed by atoms with Crippen LogP contribution in [0.4, 0.5) is 0 Å². The van der Waals surface area contributed by atoms with Gasteiger partial charge >= 0.3 is 0 Å². The first-order valence-electron chi connectivity index (χ1n) is 6.44. The third-order valence-corrected chi connectivity index (χ3v) is 7.03. The van der Waals surface area contributed by atoms with Crippen molar-refractivity contribution in [3.8, 4) is 0 Å². The van der Waals surface area contributed by atoms with Crippen molar-refractivity contribution < 1.29 is 13.2 Å². The summed E-state index contributed by atoms with van der Waals surface area (Å²) in [4.78, 5) is 14.0. The van der Waals surface area contributed by atoms with E-state index in [4.69, 9.17) is 0 Å². The number of piperazine rings is 1. The van der Waals surface area contributed by atoms with Gasteiger partial charge in [-0.1, -0.05) is 40.2 Å². The standard InChI is InChI=1S/C13H15BrN2O3S/c14-9-20(18,19)15-7-12-11-4-2-1-3-10(11)5-6-16(12)13(17)8-15/h1-4,12H,5-9H2/t12-/m0/s1. The fourth-order valence-corrected chi connectivity index (χ4v) is 4.61. The molecule has 0 bridgehead atoms. The molecule has 0 radical (unpaired) electrons. The molecule has 7 heteroatoms. The number of carbonyl (C=O) groups is 1. The van der Waals surface area contributed by atoms with Crippen molar-refractivity contribution >= 4 is 31.9 Å². The molecule has 1 aromatic rings. The molecular formula is C13H15BrN2O3S. The Balaban J connectivity index is 1.98. The Hall–Kier alpha value is -0.920. The highest BCUT2D eigenvalue weighted by Crippen LogP contribution is 2.33. The fraction of sp³-hybridized carbons (Fsp3) is 0.462. The van der Waals surface area contributed by atoms with E-state index in [-0.39, 0.29) is 23.2 Å². The second-order valence-electron chi connectivity index (χ2n) is 5.07. The quantitative estimate of drug-likeness (QED) is 0.744. The zero-order valence-electron chi connectivity index (χ0n) is 10.8. The monoisotopic (exact) mass is 358 g/mol. The summed E-state index contributed by atoms with van der Waals surface area (Å²) in [5.41, 5.74) is 2.28. The zero-order chi connectivity index (χ0) is 14.3. The van der Waals surface area contributed by atoms with Crippen molar-refractivity contribution in [2.75, 3.05) is 24.3 Å². The third kappa shape index (κ3) is 2.27. The number of amides is 1. The van der Waals surface area contributed by atoms with E-state index in [9.17, 15) is 13.2 Å². The molecule has 0 N–H and O–H groups in total. The first kappa shape index (κ1) is 14.0. The summed E-state index contributed by atoms with van der Waals surface area (Å²) in [5, 5.41) is 0. The molecule has 20 heavy (non-hydrogen) atoms. The zero-order valence-corrected chi connectivity index (χ0v) is 13.2. The lowest BCUT2D eigenvalue weighted by Gasteiger charge is -2.43. The van der Waals surface area contributed by atoms with Gasteiger partial charge in [-0.25, -0.2) is 8.42 Å². The van der Waals surface area contributed by atoms with E-state index in [1.54, 1.807) is 0 Å². The van der Waals surface area contributed by atoms with Crippen LogP contribution in [0.15, 0.2) is 24.3 Å². The average Bonchev–Trinajstić information content (AvgIpc) is 2.47. The van der Waals surface area contributed by atoms with Crippen LogP contribution in [0.2, 0.25) is 0 Å². The van der Waals surface area contributed by atoms with E-state index in [0.29, 0.717) is 13.1 Å². The van der Waals surface area contributed by atoms with Crippen molar-refractivity contribution in [3.05, 3.63) is 35.4 Å². The maximum atomic E-state index is 12.2. The van der Waals surface area contributed by atoms with Crippen LogP contribution in [0.1, 0.15) is 17.2 Å². The molecule has 2 aliphatic heterocycles. The normalized spacial score (nSPS) is 23.4. The SMILES string of the molecule is O=C1CN(S(=O)(=O)CBr)C[C@H]2c3ccccc3CCN12. The van der Waals surface area contributed by atoms with Gasteiger partial charge in [-0.2, -0.15) is 4.31 Å². The Kier molecular flexibility index (Phi) is 3.60. The number of sulfonamides is 1. The lowest BCUT2D eigenvalue weighted by Crippen LogP contribution is -2.55. The molecule has 108 valence electrons. The number of rotatable bonds is 2. The third-order valence-electron chi connectivity index (χ3n) is 3.95. The molecule has 0 aromatic heterocycles. The predicted octanol–water partition coefficient (Wildman–Crippen LogP) is 1.11. The molecule has 1 atom stereocenters. The van der Waals surface area contributed by atoms with Crippen LogP contribution in [0.25, 0.3) is 0 Å². The van der Waals surface area contributed by atoms with Crippen molar-refractivity contribution in [1.82, 2.24) is 9.21 Å². The molecule has 0 aliphatic carbocycles. The molecular weight excluding hydrogens is 344 g/mol. The van der Waals surface area contributed by atoms with Crippen molar-refractivity contribution in [2.24, 2.45) is 0 Å². The number of nitrogens with zero attached hydrogens (tertiary/aromatic N) is 2. The number of benzene rings is 1. The molecule has 0 saturated carbocycles. The first-order chi connectivity index (χ1) is 9.53. The van der Waals surface area contributed by atoms with Crippen molar-refractivity contribution in [3.63, 3.8) is 0 Å². The van der Waals surface area contributed by atoms with E-state index >= 15 is 0 Å². The van der Waals surface area contributed by atoms with Gasteiger partial charge in [-0.15, -0.1) is 0 Å². The summed E-state index contributed by atoms with van der Waals surface area (Å²) in [6.45, 7) is 0.964. The second kappa shape index (κ2) is 5.13. The predicted molar refractivity (Wildman–Crippen MR) is 78.9 cm³/mol. The molecule has 2 aliphatic rings. The Labute approximate surface area is 126 Å². The van der Waals surface area contributed by atoms with Crippen LogP contribution in [-0.4, -0.2) is 47.8 Å². The van der Waals surface area contributed by atoms with Gasteiger partial charge < -0.3 is 4.90 Å². The fourth-order valence-electron chi connectivity index (χ4n) is 2.93. The minimum atomic E-state index is -3.40. The maximum absolute atomic E-state index is 12.2. The highest BCUT2D eigenvalue weighted by atomic mass is 79.9. The van der Waals surface area contributed by atoms with Gasteiger partial charge in [0.05, 0.1) is 12.6 Å². The molecule has 1 aromatic carbocycles. The second-order valence-corrected chi connectivity index (χ2v) is 8.34. The van der Waals surface area contributed by atoms with E-state index in [2.05, 4.69) is 22.0 Å². The Morgan fingerprint density at radius 3 is 2.80 bits per heavy atom. The maximum Gasteiger partial charge on any atom is 0.238 e. The van der Waals surface area contributed by atoms with Crippen LogP contribution in [0, 0.1) is 0 Å². The van der Waals surface area contributed by atoms with E-state index in [1.165, 1.54) is 9.87 Å². The number of hydrogen-bond acceptors (Lipinski definition) is 3. The van der Waals surface area contributed by atoms with Gasteiger partial charge in [-0.05, 0) is 17.5 Å². The van der Waals surface area contributed by atoms with Crippen molar-refractivity contribution in [1.29, 1.82) is 0 Å². The summed E-state index contributed by atoms with van der Waals surface area (Å²) < 4.78 is 25.1. The van der Waals surface area contributed by atoms with Crippen LogP contribution in [0.3, 0.4) is 0 Å².